The first-order chi connectivity index (χ1) is 10.4. The van der Waals surface area contributed by atoms with E-state index in [-0.39, 0.29) is 11.2 Å². The summed E-state index contributed by atoms with van der Waals surface area (Å²) in [7, 11) is 0. The minimum atomic E-state index is -0.450. The van der Waals surface area contributed by atoms with E-state index in [2.05, 4.69) is 0 Å². The molecule has 3 nitrogen and oxygen atoms in total. The number of benzene rings is 2. The molecule has 0 aliphatic rings. The van der Waals surface area contributed by atoms with Gasteiger partial charge in [0.1, 0.15) is 11.5 Å². The number of carbonyl (C=O) groups is 1. The number of hydrogen-bond acceptors (Lipinski definition) is 3. The molecule has 2 aromatic carbocycles. The molecule has 22 heavy (non-hydrogen) atoms. The summed E-state index contributed by atoms with van der Waals surface area (Å²) in [5.41, 5.74) is 1.44. The molecule has 3 heteroatoms. The highest BCUT2D eigenvalue weighted by Gasteiger charge is 2.19. The van der Waals surface area contributed by atoms with Crippen LogP contribution in [0.25, 0.3) is 6.08 Å². The molecule has 1 N–H and O–H groups in total. The van der Waals surface area contributed by atoms with Gasteiger partial charge in [0, 0.05) is 11.6 Å². The van der Waals surface area contributed by atoms with E-state index in [4.69, 9.17) is 4.74 Å². The van der Waals surface area contributed by atoms with Crippen LogP contribution in [-0.2, 0) is 10.2 Å². The second kappa shape index (κ2) is 6.48. The molecule has 0 radical (unpaired) electrons. The van der Waals surface area contributed by atoms with Crippen LogP contribution in [0.5, 0.6) is 11.5 Å². The number of carbonyl (C=O) groups excluding carboxylic acids is 1. The zero-order valence-corrected chi connectivity index (χ0v) is 13.0. The van der Waals surface area contributed by atoms with Gasteiger partial charge >= 0.3 is 5.97 Å². The summed E-state index contributed by atoms with van der Waals surface area (Å²) in [5, 5.41) is 9.90. The van der Waals surface area contributed by atoms with Crippen molar-refractivity contribution in [3.05, 3.63) is 65.7 Å². The molecule has 0 bridgehead atoms. The lowest BCUT2D eigenvalue weighted by Gasteiger charge is -2.20. The van der Waals surface area contributed by atoms with Crippen molar-refractivity contribution in [2.75, 3.05) is 0 Å². The van der Waals surface area contributed by atoms with Crippen LogP contribution in [0.1, 0.15) is 31.9 Å². The first-order valence-electron chi connectivity index (χ1n) is 7.15. The Balaban J connectivity index is 2.11. The third kappa shape index (κ3) is 4.22. The van der Waals surface area contributed by atoms with Crippen molar-refractivity contribution in [3.8, 4) is 11.5 Å². The lowest BCUT2D eigenvalue weighted by atomic mass is 9.86. The molecular formula is C19H20O3. The molecule has 0 aliphatic heterocycles. The zero-order valence-electron chi connectivity index (χ0n) is 13.0. The molecule has 114 valence electrons. The summed E-state index contributed by atoms with van der Waals surface area (Å²) >= 11 is 0. The van der Waals surface area contributed by atoms with Crippen LogP contribution in [-0.4, -0.2) is 11.1 Å². The van der Waals surface area contributed by atoms with Crippen molar-refractivity contribution in [1.29, 1.82) is 0 Å². The topological polar surface area (TPSA) is 46.5 Å². The van der Waals surface area contributed by atoms with Crippen LogP contribution in [0.2, 0.25) is 0 Å². The third-order valence-corrected chi connectivity index (χ3v) is 3.21. The quantitative estimate of drug-likeness (QED) is 0.521. The number of aromatic hydroxyl groups is 1. The van der Waals surface area contributed by atoms with Gasteiger partial charge in [-0.1, -0.05) is 51.1 Å². The van der Waals surface area contributed by atoms with Crippen molar-refractivity contribution in [2.24, 2.45) is 0 Å². The summed E-state index contributed by atoms with van der Waals surface area (Å²) in [5.74, 6) is 0.173. The van der Waals surface area contributed by atoms with Gasteiger partial charge in [0.2, 0.25) is 0 Å². The van der Waals surface area contributed by atoms with E-state index >= 15 is 0 Å². The van der Waals surface area contributed by atoms with Gasteiger partial charge in [0.05, 0.1) is 0 Å². The maximum atomic E-state index is 11.9. The van der Waals surface area contributed by atoms with Gasteiger partial charge < -0.3 is 9.84 Å². The molecule has 0 aromatic heterocycles. The molecule has 0 heterocycles. The van der Waals surface area contributed by atoms with Crippen molar-refractivity contribution >= 4 is 12.0 Å². The Hall–Kier alpha value is -2.55. The fourth-order valence-corrected chi connectivity index (χ4v) is 2.06. The predicted octanol–water partition coefficient (Wildman–Crippen LogP) is 4.31. The van der Waals surface area contributed by atoms with Gasteiger partial charge in [-0.15, -0.1) is 0 Å². The number of esters is 1. The third-order valence-electron chi connectivity index (χ3n) is 3.21. The van der Waals surface area contributed by atoms with E-state index in [9.17, 15) is 9.90 Å². The zero-order chi connectivity index (χ0) is 16.2. The average molecular weight is 296 g/mol. The van der Waals surface area contributed by atoms with E-state index in [1.165, 1.54) is 6.08 Å². The first-order valence-corrected chi connectivity index (χ1v) is 7.15. The second-order valence-corrected chi connectivity index (χ2v) is 6.09. The maximum Gasteiger partial charge on any atom is 0.336 e. The van der Waals surface area contributed by atoms with Gasteiger partial charge in [-0.2, -0.15) is 0 Å². The second-order valence-electron chi connectivity index (χ2n) is 6.09. The summed E-state index contributed by atoms with van der Waals surface area (Å²) in [6.07, 6.45) is 3.09. The van der Waals surface area contributed by atoms with Crippen molar-refractivity contribution in [2.45, 2.75) is 26.2 Å². The number of rotatable bonds is 3. The van der Waals surface area contributed by atoms with E-state index < -0.39 is 5.97 Å². The molecular weight excluding hydrogens is 276 g/mol. The molecule has 2 aromatic rings. The van der Waals surface area contributed by atoms with Crippen LogP contribution in [0.4, 0.5) is 0 Å². The Morgan fingerprint density at radius 1 is 1.09 bits per heavy atom. The minimum absolute atomic E-state index is 0.201. The fraction of sp³-hybridized carbons (Fsp3) is 0.211. The largest absolute Gasteiger partial charge is 0.508 e. The first kappa shape index (κ1) is 15.8. The molecule has 0 atom stereocenters. The van der Waals surface area contributed by atoms with Gasteiger partial charge in [-0.25, -0.2) is 4.79 Å². The number of phenolic OH excluding ortho intramolecular Hbond substituents is 1. The summed E-state index contributed by atoms with van der Waals surface area (Å²) < 4.78 is 5.29. The van der Waals surface area contributed by atoms with Crippen LogP contribution in [0, 0.1) is 0 Å². The molecule has 0 aliphatic carbocycles. The normalized spacial score (nSPS) is 11.6. The molecule has 0 unspecified atom stereocenters. The summed E-state index contributed by atoms with van der Waals surface area (Å²) in [6, 6.07) is 14.4. The highest BCUT2D eigenvalue weighted by Crippen LogP contribution is 2.33. The number of hydrogen-bond donors (Lipinski definition) is 1. The Kier molecular flexibility index (Phi) is 4.66. The van der Waals surface area contributed by atoms with Crippen LogP contribution < -0.4 is 4.74 Å². The standard InChI is InChI=1S/C19H20O3/c1-19(2,3)16-13-15(10-11-17(16)20)22-18(21)12-9-14-7-5-4-6-8-14/h4-13,20H,1-3H3/b12-9+. The van der Waals surface area contributed by atoms with Gasteiger partial charge in [-0.3, -0.25) is 0 Å². The molecule has 0 saturated heterocycles. The average Bonchev–Trinajstić information content (AvgIpc) is 2.47. The van der Waals surface area contributed by atoms with Crippen molar-refractivity contribution < 1.29 is 14.6 Å². The van der Waals surface area contributed by atoms with Crippen LogP contribution in [0.15, 0.2) is 54.6 Å². The van der Waals surface area contributed by atoms with E-state index in [0.29, 0.717) is 5.75 Å². The van der Waals surface area contributed by atoms with Crippen LogP contribution in [0.3, 0.4) is 0 Å². The maximum absolute atomic E-state index is 11.9. The minimum Gasteiger partial charge on any atom is -0.508 e. The highest BCUT2D eigenvalue weighted by atomic mass is 16.5. The Morgan fingerprint density at radius 3 is 2.41 bits per heavy atom. The summed E-state index contributed by atoms with van der Waals surface area (Å²) in [6.45, 7) is 5.97. The number of ether oxygens (including phenoxy) is 1. The Bertz CT molecular complexity index is 680. The summed E-state index contributed by atoms with van der Waals surface area (Å²) in [4.78, 5) is 11.9. The molecule has 0 saturated carbocycles. The monoisotopic (exact) mass is 296 g/mol. The smallest absolute Gasteiger partial charge is 0.336 e. The van der Waals surface area contributed by atoms with Gasteiger partial charge in [-0.05, 0) is 35.3 Å². The van der Waals surface area contributed by atoms with Crippen LogP contribution >= 0.6 is 0 Å². The molecule has 2 rings (SSSR count). The SMILES string of the molecule is CC(C)(C)c1cc(OC(=O)/C=C/c2ccccc2)ccc1O. The molecule has 0 fully saturated rings. The fourth-order valence-electron chi connectivity index (χ4n) is 2.06. The Labute approximate surface area is 130 Å². The lowest BCUT2D eigenvalue weighted by molar-refractivity contribution is -0.128. The van der Waals surface area contributed by atoms with Crippen molar-refractivity contribution in [3.63, 3.8) is 0 Å². The predicted molar refractivity (Wildman–Crippen MR) is 87.9 cm³/mol. The molecule has 0 spiro atoms. The van der Waals surface area contributed by atoms with Gasteiger partial charge in [0.25, 0.3) is 0 Å². The number of phenols is 1. The Morgan fingerprint density at radius 2 is 1.77 bits per heavy atom. The van der Waals surface area contributed by atoms with Gasteiger partial charge in [0.15, 0.2) is 0 Å². The van der Waals surface area contributed by atoms with Crippen molar-refractivity contribution in [1.82, 2.24) is 0 Å². The van der Waals surface area contributed by atoms with E-state index in [0.717, 1.165) is 11.1 Å². The van der Waals surface area contributed by atoms with E-state index in [1.54, 1.807) is 24.3 Å². The molecule has 0 amide bonds. The lowest BCUT2D eigenvalue weighted by Crippen LogP contribution is -2.12. The highest BCUT2D eigenvalue weighted by molar-refractivity contribution is 5.88. The van der Waals surface area contributed by atoms with E-state index in [1.807, 2.05) is 51.1 Å².